The topological polar surface area (TPSA) is 41.1 Å². The second kappa shape index (κ2) is 7.29. The lowest BCUT2D eigenvalue weighted by Gasteiger charge is -2.23. The Labute approximate surface area is 126 Å². The fourth-order valence-electron chi connectivity index (χ4n) is 2.87. The van der Waals surface area contributed by atoms with Gasteiger partial charge in [-0.25, -0.2) is 9.97 Å². The maximum absolute atomic E-state index is 4.34. The SMILES string of the molecule is c1ccc(CC2CN(Cc3ncccn3)CCCN2)cc1. The minimum absolute atomic E-state index is 0.499. The highest BCUT2D eigenvalue weighted by Crippen LogP contribution is 2.09. The molecule has 110 valence electrons. The summed E-state index contributed by atoms with van der Waals surface area (Å²) < 4.78 is 0. The van der Waals surface area contributed by atoms with Gasteiger partial charge in [-0.05, 0) is 37.6 Å². The van der Waals surface area contributed by atoms with Crippen molar-refractivity contribution in [2.75, 3.05) is 19.6 Å². The molecule has 1 fully saturated rings. The summed E-state index contributed by atoms with van der Waals surface area (Å²) in [5, 5.41) is 3.66. The van der Waals surface area contributed by atoms with E-state index in [0.717, 1.165) is 38.4 Å². The van der Waals surface area contributed by atoms with Crippen LogP contribution in [0.25, 0.3) is 0 Å². The van der Waals surface area contributed by atoms with Crippen LogP contribution in [-0.2, 0) is 13.0 Å². The Morgan fingerprint density at radius 1 is 1.10 bits per heavy atom. The van der Waals surface area contributed by atoms with Crippen LogP contribution in [0.15, 0.2) is 48.8 Å². The fourth-order valence-corrected chi connectivity index (χ4v) is 2.87. The highest BCUT2D eigenvalue weighted by atomic mass is 15.2. The summed E-state index contributed by atoms with van der Waals surface area (Å²) in [6, 6.07) is 13.1. The van der Waals surface area contributed by atoms with E-state index in [1.807, 2.05) is 18.5 Å². The molecule has 0 radical (unpaired) electrons. The van der Waals surface area contributed by atoms with Gasteiger partial charge in [-0.3, -0.25) is 4.90 Å². The Hall–Kier alpha value is -1.78. The van der Waals surface area contributed by atoms with E-state index in [4.69, 9.17) is 0 Å². The summed E-state index contributed by atoms with van der Waals surface area (Å²) >= 11 is 0. The predicted octanol–water partition coefficient (Wildman–Crippen LogP) is 1.88. The third-order valence-corrected chi connectivity index (χ3v) is 3.87. The van der Waals surface area contributed by atoms with Crippen LogP contribution in [0.2, 0.25) is 0 Å². The van der Waals surface area contributed by atoms with Crippen molar-refractivity contribution >= 4 is 0 Å². The van der Waals surface area contributed by atoms with Crippen molar-refractivity contribution < 1.29 is 0 Å². The maximum atomic E-state index is 4.34. The first-order valence-electron chi connectivity index (χ1n) is 7.66. The number of rotatable bonds is 4. The second-order valence-corrected chi connectivity index (χ2v) is 5.59. The van der Waals surface area contributed by atoms with E-state index < -0.39 is 0 Å². The molecule has 2 aromatic rings. The van der Waals surface area contributed by atoms with Crippen molar-refractivity contribution in [2.24, 2.45) is 0 Å². The van der Waals surface area contributed by atoms with E-state index in [1.165, 1.54) is 12.0 Å². The summed E-state index contributed by atoms with van der Waals surface area (Å²) in [4.78, 5) is 11.1. The average molecular weight is 282 g/mol. The number of benzene rings is 1. The molecule has 3 rings (SSSR count). The lowest BCUT2D eigenvalue weighted by Crippen LogP contribution is -2.39. The molecule has 4 nitrogen and oxygen atoms in total. The van der Waals surface area contributed by atoms with Gasteiger partial charge in [0.15, 0.2) is 0 Å². The third-order valence-electron chi connectivity index (χ3n) is 3.87. The van der Waals surface area contributed by atoms with Crippen LogP contribution in [0.3, 0.4) is 0 Å². The predicted molar refractivity (Wildman–Crippen MR) is 83.9 cm³/mol. The molecule has 0 amide bonds. The summed E-state index contributed by atoms with van der Waals surface area (Å²) in [6.07, 6.45) is 5.89. The summed E-state index contributed by atoms with van der Waals surface area (Å²) in [5.41, 5.74) is 1.40. The molecule has 4 heteroatoms. The molecule has 1 aromatic heterocycles. The van der Waals surface area contributed by atoms with Gasteiger partial charge in [0.2, 0.25) is 0 Å². The van der Waals surface area contributed by atoms with Gasteiger partial charge in [-0.15, -0.1) is 0 Å². The number of hydrogen-bond donors (Lipinski definition) is 1. The molecule has 1 aliphatic heterocycles. The number of aromatic nitrogens is 2. The maximum Gasteiger partial charge on any atom is 0.142 e. The number of nitrogens with one attached hydrogen (secondary N) is 1. The van der Waals surface area contributed by atoms with E-state index in [2.05, 4.69) is 50.5 Å². The first-order valence-corrected chi connectivity index (χ1v) is 7.66. The second-order valence-electron chi connectivity index (χ2n) is 5.59. The number of nitrogens with zero attached hydrogens (tertiary/aromatic N) is 3. The van der Waals surface area contributed by atoms with E-state index in [0.29, 0.717) is 6.04 Å². The van der Waals surface area contributed by atoms with Gasteiger partial charge in [0, 0.05) is 25.0 Å². The molecule has 2 heterocycles. The monoisotopic (exact) mass is 282 g/mol. The quantitative estimate of drug-likeness (QED) is 0.929. The molecular formula is C17H22N4. The molecule has 1 unspecified atom stereocenters. The zero-order valence-corrected chi connectivity index (χ0v) is 12.3. The Morgan fingerprint density at radius 2 is 1.90 bits per heavy atom. The van der Waals surface area contributed by atoms with E-state index in [-0.39, 0.29) is 0 Å². The van der Waals surface area contributed by atoms with Crippen LogP contribution in [-0.4, -0.2) is 40.5 Å². The lowest BCUT2D eigenvalue weighted by molar-refractivity contribution is 0.253. The van der Waals surface area contributed by atoms with Crippen LogP contribution < -0.4 is 5.32 Å². The minimum Gasteiger partial charge on any atom is -0.312 e. The Balaban J connectivity index is 1.61. The molecule has 0 aliphatic carbocycles. The molecule has 0 saturated carbocycles. The normalized spacial score (nSPS) is 20.1. The van der Waals surface area contributed by atoms with Crippen molar-refractivity contribution in [1.29, 1.82) is 0 Å². The van der Waals surface area contributed by atoms with Crippen LogP contribution in [0.1, 0.15) is 17.8 Å². The Bertz CT molecular complexity index is 480. The van der Waals surface area contributed by atoms with Crippen molar-refractivity contribution in [3.63, 3.8) is 0 Å². The zero-order chi connectivity index (χ0) is 14.3. The van der Waals surface area contributed by atoms with Gasteiger partial charge in [-0.2, -0.15) is 0 Å². The molecule has 0 spiro atoms. The largest absolute Gasteiger partial charge is 0.312 e. The van der Waals surface area contributed by atoms with Crippen LogP contribution in [0.5, 0.6) is 0 Å². The van der Waals surface area contributed by atoms with E-state index in [1.54, 1.807) is 0 Å². The third kappa shape index (κ3) is 4.34. The van der Waals surface area contributed by atoms with Gasteiger partial charge in [-0.1, -0.05) is 30.3 Å². The van der Waals surface area contributed by atoms with Crippen LogP contribution in [0.4, 0.5) is 0 Å². The smallest absolute Gasteiger partial charge is 0.142 e. The van der Waals surface area contributed by atoms with E-state index in [9.17, 15) is 0 Å². The van der Waals surface area contributed by atoms with Crippen LogP contribution >= 0.6 is 0 Å². The summed E-state index contributed by atoms with van der Waals surface area (Å²) in [5.74, 6) is 0.915. The Morgan fingerprint density at radius 3 is 2.71 bits per heavy atom. The van der Waals surface area contributed by atoms with E-state index >= 15 is 0 Å². The van der Waals surface area contributed by atoms with Crippen LogP contribution in [0, 0.1) is 0 Å². The van der Waals surface area contributed by atoms with Gasteiger partial charge in [0.05, 0.1) is 6.54 Å². The van der Waals surface area contributed by atoms with Crippen molar-refractivity contribution in [3.8, 4) is 0 Å². The van der Waals surface area contributed by atoms with Crippen molar-refractivity contribution in [2.45, 2.75) is 25.4 Å². The molecule has 1 atom stereocenters. The van der Waals surface area contributed by atoms with Crippen molar-refractivity contribution in [1.82, 2.24) is 20.2 Å². The zero-order valence-electron chi connectivity index (χ0n) is 12.3. The minimum atomic E-state index is 0.499. The lowest BCUT2D eigenvalue weighted by atomic mass is 10.1. The Kier molecular flexibility index (Phi) is 4.92. The fraction of sp³-hybridized carbons (Fsp3) is 0.412. The molecule has 21 heavy (non-hydrogen) atoms. The first kappa shape index (κ1) is 14.2. The average Bonchev–Trinajstić information content (AvgIpc) is 2.74. The molecule has 1 aromatic carbocycles. The molecule has 0 bridgehead atoms. The van der Waals surface area contributed by atoms with Gasteiger partial charge in [0.1, 0.15) is 5.82 Å². The first-order chi connectivity index (χ1) is 10.4. The molecule has 1 aliphatic rings. The van der Waals surface area contributed by atoms with Gasteiger partial charge < -0.3 is 5.32 Å². The molecule has 1 saturated heterocycles. The molecule has 1 N–H and O–H groups in total. The highest BCUT2D eigenvalue weighted by molar-refractivity contribution is 5.16. The summed E-state index contributed by atoms with van der Waals surface area (Å²) in [6.45, 7) is 4.08. The standard InChI is InChI=1S/C17H22N4/c1-2-6-15(7-3-1)12-16-13-21(11-5-10-18-16)14-17-19-8-4-9-20-17/h1-4,6-9,16,18H,5,10-14H2. The summed E-state index contributed by atoms with van der Waals surface area (Å²) in [7, 11) is 0. The van der Waals surface area contributed by atoms with Gasteiger partial charge >= 0.3 is 0 Å². The number of hydrogen-bond acceptors (Lipinski definition) is 4. The molecular weight excluding hydrogens is 260 g/mol. The highest BCUT2D eigenvalue weighted by Gasteiger charge is 2.18. The van der Waals surface area contributed by atoms with Gasteiger partial charge in [0.25, 0.3) is 0 Å². The van der Waals surface area contributed by atoms with Crippen molar-refractivity contribution in [3.05, 3.63) is 60.2 Å².